The molecule has 7 heteroatoms. The average molecular weight is 415 g/mol. The van der Waals surface area contributed by atoms with Gasteiger partial charge in [-0.25, -0.2) is 9.97 Å². The van der Waals surface area contributed by atoms with E-state index in [1.165, 1.54) is 32.1 Å². The molecule has 5 rings (SSSR count). The van der Waals surface area contributed by atoms with Gasteiger partial charge in [0.25, 0.3) is 0 Å². The second-order valence-electron chi connectivity index (χ2n) is 8.04. The first-order valence-electron chi connectivity index (χ1n) is 10.8. The normalized spacial score (nSPS) is 14.6. The van der Waals surface area contributed by atoms with Gasteiger partial charge in [0.1, 0.15) is 5.75 Å². The summed E-state index contributed by atoms with van der Waals surface area (Å²) >= 11 is 0. The molecule has 1 fully saturated rings. The molecule has 0 bridgehead atoms. The highest BCUT2D eigenvalue weighted by atomic mass is 16.5. The summed E-state index contributed by atoms with van der Waals surface area (Å²) in [7, 11) is 0. The van der Waals surface area contributed by atoms with Gasteiger partial charge in [0.05, 0.1) is 11.6 Å². The molecule has 2 heterocycles. The minimum Gasteiger partial charge on any atom is -0.490 e. The number of hydrogen-bond acceptors (Lipinski definition) is 6. The van der Waals surface area contributed by atoms with Crippen molar-refractivity contribution in [2.24, 2.45) is 0 Å². The summed E-state index contributed by atoms with van der Waals surface area (Å²) in [5.74, 6) is 2.05. The molecule has 31 heavy (non-hydrogen) atoms. The number of nitrogens with one attached hydrogen (secondary N) is 2. The van der Waals surface area contributed by atoms with Crippen LogP contribution in [0.15, 0.2) is 54.9 Å². The zero-order chi connectivity index (χ0) is 21.0. The van der Waals surface area contributed by atoms with Crippen molar-refractivity contribution in [3.05, 3.63) is 60.4 Å². The predicted molar refractivity (Wildman–Crippen MR) is 123 cm³/mol. The predicted octanol–water partition coefficient (Wildman–Crippen LogP) is 4.93. The fraction of sp³-hybridized carbons (Fsp3) is 0.292. The maximum atomic E-state index is 6.10. The first-order valence-corrected chi connectivity index (χ1v) is 10.8. The van der Waals surface area contributed by atoms with Crippen LogP contribution in [-0.4, -0.2) is 26.3 Å². The molecule has 4 aromatic rings. The lowest BCUT2D eigenvalue weighted by Gasteiger charge is -2.23. The van der Waals surface area contributed by atoms with Crippen molar-refractivity contribution in [1.82, 2.24) is 20.2 Å². The first kappa shape index (κ1) is 19.4. The van der Waals surface area contributed by atoms with Gasteiger partial charge in [-0.1, -0.05) is 24.6 Å². The van der Waals surface area contributed by atoms with Gasteiger partial charge in [-0.2, -0.15) is 5.10 Å². The van der Waals surface area contributed by atoms with Crippen molar-refractivity contribution >= 4 is 22.7 Å². The molecule has 4 N–H and O–H groups in total. The zero-order valence-corrected chi connectivity index (χ0v) is 17.3. The largest absolute Gasteiger partial charge is 0.490 e. The monoisotopic (exact) mass is 414 g/mol. The Morgan fingerprint density at radius 2 is 1.74 bits per heavy atom. The Balaban J connectivity index is 1.18. The summed E-state index contributed by atoms with van der Waals surface area (Å²) in [6, 6.07) is 14.2. The molecule has 0 aliphatic heterocycles. The number of H-pyrrole nitrogens is 1. The van der Waals surface area contributed by atoms with E-state index >= 15 is 0 Å². The fourth-order valence-corrected chi connectivity index (χ4v) is 4.03. The molecule has 0 saturated heterocycles. The van der Waals surface area contributed by atoms with Crippen LogP contribution in [-0.2, 0) is 6.54 Å². The van der Waals surface area contributed by atoms with E-state index in [1.54, 1.807) is 0 Å². The van der Waals surface area contributed by atoms with E-state index in [0.29, 0.717) is 24.4 Å². The van der Waals surface area contributed by atoms with Gasteiger partial charge in [-0.05, 0) is 61.1 Å². The van der Waals surface area contributed by atoms with Crippen molar-refractivity contribution in [2.75, 3.05) is 11.1 Å². The Kier molecular flexibility index (Phi) is 5.39. The molecule has 0 amide bonds. The molecule has 0 atom stereocenters. The molecule has 1 saturated carbocycles. The van der Waals surface area contributed by atoms with E-state index in [9.17, 15) is 0 Å². The third-order valence-electron chi connectivity index (χ3n) is 5.81. The van der Waals surface area contributed by atoms with Gasteiger partial charge in [0.2, 0.25) is 5.95 Å². The van der Waals surface area contributed by atoms with Crippen LogP contribution in [0.3, 0.4) is 0 Å². The highest BCUT2D eigenvalue weighted by Crippen LogP contribution is 2.26. The first-order chi connectivity index (χ1) is 15.2. The number of nitrogens with two attached hydrogens (primary N) is 1. The Morgan fingerprint density at radius 3 is 2.52 bits per heavy atom. The SMILES string of the molecule is Nc1n[nH]c2cc(-c3cnc(NCc4ccc(OC5CCCCC5)cc4)nc3)ccc12. The molecule has 2 aromatic carbocycles. The Morgan fingerprint density at radius 1 is 0.968 bits per heavy atom. The third kappa shape index (κ3) is 4.45. The lowest BCUT2D eigenvalue weighted by Crippen LogP contribution is -2.19. The number of hydrogen-bond donors (Lipinski definition) is 3. The van der Waals surface area contributed by atoms with E-state index in [1.807, 2.05) is 42.7 Å². The van der Waals surface area contributed by atoms with Gasteiger partial charge in [0, 0.05) is 29.9 Å². The van der Waals surface area contributed by atoms with Crippen molar-refractivity contribution in [2.45, 2.75) is 44.8 Å². The minimum atomic E-state index is 0.371. The van der Waals surface area contributed by atoms with Gasteiger partial charge >= 0.3 is 0 Å². The number of ether oxygens (including phenoxy) is 1. The van der Waals surface area contributed by atoms with Crippen LogP contribution >= 0.6 is 0 Å². The highest BCUT2D eigenvalue weighted by molar-refractivity contribution is 5.91. The van der Waals surface area contributed by atoms with E-state index in [2.05, 4.69) is 37.6 Å². The number of benzene rings is 2. The summed E-state index contributed by atoms with van der Waals surface area (Å²) < 4.78 is 6.10. The van der Waals surface area contributed by atoms with Crippen LogP contribution < -0.4 is 15.8 Å². The Labute approximate surface area is 181 Å². The average Bonchev–Trinajstić information content (AvgIpc) is 3.20. The van der Waals surface area contributed by atoms with Gasteiger partial charge in [0.15, 0.2) is 5.82 Å². The van der Waals surface area contributed by atoms with Crippen molar-refractivity contribution in [3.63, 3.8) is 0 Å². The second kappa shape index (κ2) is 8.63. The van der Waals surface area contributed by atoms with Crippen molar-refractivity contribution < 1.29 is 4.74 Å². The summed E-state index contributed by atoms with van der Waals surface area (Å²) in [5.41, 5.74) is 9.83. The molecule has 158 valence electrons. The molecule has 1 aliphatic rings. The topological polar surface area (TPSA) is 102 Å². The number of nitrogen functional groups attached to an aromatic ring is 1. The molecule has 0 unspecified atom stereocenters. The Bertz CT molecular complexity index is 1150. The van der Waals surface area contributed by atoms with E-state index in [4.69, 9.17) is 10.5 Å². The fourth-order valence-electron chi connectivity index (χ4n) is 4.03. The molecular formula is C24H26N6O. The molecule has 7 nitrogen and oxygen atoms in total. The summed E-state index contributed by atoms with van der Waals surface area (Å²) in [4.78, 5) is 8.91. The third-order valence-corrected chi connectivity index (χ3v) is 5.81. The summed E-state index contributed by atoms with van der Waals surface area (Å²) in [6.45, 7) is 0.655. The van der Waals surface area contributed by atoms with E-state index in [0.717, 1.165) is 33.3 Å². The molecule has 1 aliphatic carbocycles. The summed E-state index contributed by atoms with van der Waals surface area (Å²) in [5, 5.41) is 11.2. The maximum Gasteiger partial charge on any atom is 0.222 e. The number of rotatable bonds is 6. The smallest absolute Gasteiger partial charge is 0.222 e. The lowest BCUT2D eigenvalue weighted by molar-refractivity contribution is 0.155. The zero-order valence-electron chi connectivity index (χ0n) is 17.3. The summed E-state index contributed by atoms with van der Waals surface area (Å²) in [6.07, 6.45) is 10.2. The lowest BCUT2D eigenvalue weighted by atomic mass is 9.98. The molecular weight excluding hydrogens is 388 g/mol. The number of aromatic nitrogens is 4. The van der Waals surface area contributed by atoms with Gasteiger partial charge < -0.3 is 15.8 Å². The van der Waals surface area contributed by atoms with Crippen LogP contribution in [0.4, 0.5) is 11.8 Å². The number of fused-ring (bicyclic) bond motifs is 1. The van der Waals surface area contributed by atoms with Crippen LogP contribution in [0.1, 0.15) is 37.7 Å². The van der Waals surface area contributed by atoms with Crippen molar-refractivity contribution in [3.8, 4) is 16.9 Å². The molecule has 2 aromatic heterocycles. The van der Waals surface area contributed by atoms with Crippen LogP contribution in [0.25, 0.3) is 22.0 Å². The van der Waals surface area contributed by atoms with Gasteiger partial charge in [-0.3, -0.25) is 5.10 Å². The van der Waals surface area contributed by atoms with Gasteiger partial charge in [-0.15, -0.1) is 0 Å². The number of nitrogens with zero attached hydrogens (tertiary/aromatic N) is 3. The molecule has 0 spiro atoms. The van der Waals surface area contributed by atoms with Crippen LogP contribution in [0.5, 0.6) is 5.75 Å². The van der Waals surface area contributed by atoms with E-state index in [-0.39, 0.29) is 0 Å². The number of aromatic amines is 1. The quantitative estimate of drug-likeness (QED) is 0.414. The minimum absolute atomic E-state index is 0.371. The highest BCUT2D eigenvalue weighted by Gasteiger charge is 2.14. The molecule has 0 radical (unpaired) electrons. The maximum absolute atomic E-state index is 6.10. The Hall–Kier alpha value is -3.61. The number of anilines is 2. The van der Waals surface area contributed by atoms with Crippen molar-refractivity contribution in [1.29, 1.82) is 0 Å². The standard InChI is InChI=1S/C24H26N6O/c25-23-21-11-8-17(12-22(21)29-30-23)18-14-27-24(28-15-18)26-13-16-6-9-20(10-7-16)31-19-4-2-1-3-5-19/h6-12,14-15,19H,1-5,13H2,(H3,25,29,30)(H,26,27,28). The second-order valence-corrected chi connectivity index (χ2v) is 8.04. The van der Waals surface area contributed by atoms with Crippen LogP contribution in [0.2, 0.25) is 0 Å². The van der Waals surface area contributed by atoms with E-state index < -0.39 is 0 Å². The van der Waals surface area contributed by atoms with Crippen LogP contribution in [0, 0.1) is 0 Å².